The molecule has 0 aromatic carbocycles. The van der Waals surface area contributed by atoms with Crippen molar-refractivity contribution >= 4 is 40.7 Å². The Balaban J connectivity index is 2.16. The summed E-state index contributed by atoms with van der Waals surface area (Å²) in [4.78, 5) is 55.6. The van der Waals surface area contributed by atoms with Crippen molar-refractivity contribution < 1.29 is 33.4 Å². The first kappa shape index (κ1) is 23.0. The molecule has 12 nitrogen and oxygen atoms in total. The molecule has 0 aliphatic heterocycles. The van der Waals surface area contributed by atoms with Gasteiger partial charge in [-0.05, 0) is 13.3 Å². The lowest BCUT2D eigenvalue weighted by Crippen LogP contribution is -2.38. The summed E-state index contributed by atoms with van der Waals surface area (Å²) in [5.74, 6) is -2.46. The third-order valence-corrected chi connectivity index (χ3v) is 5.25. The molecule has 4 atom stereocenters. The van der Waals surface area contributed by atoms with E-state index in [1.165, 1.54) is 27.0 Å². The normalized spacial score (nSPS) is 22.5. The van der Waals surface area contributed by atoms with E-state index in [2.05, 4.69) is 9.97 Å². The number of ether oxygens (including phenoxy) is 3. The van der Waals surface area contributed by atoms with Gasteiger partial charge in [0, 0.05) is 32.9 Å². The Bertz CT molecular complexity index is 1100. The number of rotatable bonds is 6. The number of nitrogen functional groups attached to an aromatic ring is 1. The van der Waals surface area contributed by atoms with Crippen LogP contribution in [-0.2, 0) is 28.6 Å². The number of anilines is 1. The number of carbonyl (C=O) groups excluding carboxylic acids is 4. The average molecular weight is 447 g/mol. The van der Waals surface area contributed by atoms with Crippen LogP contribution in [0.5, 0.6) is 0 Å². The van der Waals surface area contributed by atoms with Crippen molar-refractivity contribution in [1.29, 1.82) is 0 Å². The average Bonchev–Trinajstić information content (AvgIpc) is 3.18. The topological polar surface area (TPSA) is 179 Å². The molecule has 0 spiro atoms. The fourth-order valence-corrected chi connectivity index (χ4v) is 4.15. The van der Waals surface area contributed by atoms with E-state index in [4.69, 9.17) is 25.7 Å². The molecule has 3 rings (SSSR count). The van der Waals surface area contributed by atoms with Gasteiger partial charge in [-0.15, -0.1) is 0 Å². The summed E-state index contributed by atoms with van der Waals surface area (Å²) in [6, 6.07) is -0.617. The molecule has 0 bridgehead atoms. The molecule has 1 aliphatic carbocycles. The first-order chi connectivity index (χ1) is 15.0. The van der Waals surface area contributed by atoms with E-state index in [1.54, 1.807) is 11.5 Å². The van der Waals surface area contributed by atoms with Crippen molar-refractivity contribution in [2.45, 2.75) is 52.4 Å². The molecule has 1 aliphatic rings. The van der Waals surface area contributed by atoms with Crippen LogP contribution in [0.4, 0.5) is 5.82 Å². The number of nitrogens with two attached hydrogens (primary N) is 2. The zero-order valence-corrected chi connectivity index (χ0v) is 18.2. The van der Waals surface area contributed by atoms with Gasteiger partial charge in [-0.1, -0.05) is 0 Å². The first-order valence-electron chi connectivity index (χ1n) is 9.91. The van der Waals surface area contributed by atoms with Gasteiger partial charge in [0.2, 0.25) is 0 Å². The number of aromatic nitrogens is 3. The summed E-state index contributed by atoms with van der Waals surface area (Å²) < 4.78 is 17.8. The van der Waals surface area contributed by atoms with E-state index < -0.39 is 48.0 Å². The second-order valence-electron chi connectivity index (χ2n) is 7.68. The SMILES string of the molecule is CC(=O)OC[C@H]1C[C@@H](n2cc(C(N)=O)c3c(N)nc(C)nc32)[C@H](OC(C)=O)[C@@H]1OC(C)=O. The highest BCUT2D eigenvalue weighted by molar-refractivity contribution is 6.09. The van der Waals surface area contributed by atoms with Crippen LogP contribution >= 0.6 is 0 Å². The molecule has 0 saturated heterocycles. The van der Waals surface area contributed by atoms with E-state index in [0.29, 0.717) is 11.5 Å². The van der Waals surface area contributed by atoms with Gasteiger partial charge in [-0.25, -0.2) is 9.97 Å². The van der Waals surface area contributed by atoms with Gasteiger partial charge < -0.3 is 30.2 Å². The van der Waals surface area contributed by atoms with E-state index in [1.807, 2.05) is 0 Å². The molecule has 1 amide bonds. The zero-order chi connectivity index (χ0) is 23.7. The molecule has 4 N–H and O–H groups in total. The molecule has 172 valence electrons. The minimum absolute atomic E-state index is 0.0560. The number of aryl methyl sites for hydroxylation is 1. The van der Waals surface area contributed by atoms with Gasteiger partial charge in [0.1, 0.15) is 23.4 Å². The number of hydrogen-bond acceptors (Lipinski definition) is 10. The lowest BCUT2D eigenvalue weighted by atomic mass is 10.1. The van der Waals surface area contributed by atoms with Crippen LogP contribution < -0.4 is 11.5 Å². The van der Waals surface area contributed by atoms with E-state index in [-0.39, 0.29) is 29.8 Å². The highest BCUT2D eigenvalue weighted by Crippen LogP contribution is 2.42. The molecule has 32 heavy (non-hydrogen) atoms. The van der Waals surface area contributed by atoms with Crippen LogP contribution in [-0.4, -0.2) is 57.2 Å². The lowest BCUT2D eigenvalue weighted by molar-refractivity contribution is -0.168. The molecule has 2 aromatic heterocycles. The fraction of sp³-hybridized carbons (Fsp3) is 0.500. The van der Waals surface area contributed by atoms with Gasteiger partial charge in [0.25, 0.3) is 5.91 Å². The highest BCUT2D eigenvalue weighted by Gasteiger charge is 2.49. The number of nitrogens with zero attached hydrogens (tertiary/aromatic N) is 3. The second kappa shape index (κ2) is 8.81. The summed E-state index contributed by atoms with van der Waals surface area (Å²) in [7, 11) is 0. The number of fused-ring (bicyclic) bond motifs is 1. The Hall–Kier alpha value is -3.70. The molecule has 2 heterocycles. The van der Waals surface area contributed by atoms with Gasteiger partial charge in [0.05, 0.1) is 23.6 Å². The number of carbonyl (C=O) groups is 4. The van der Waals surface area contributed by atoms with E-state index >= 15 is 0 Å². The molecular formula is C20H25N5O7. The molecular weight excluding hydrogens is 422 g/mol. The third kappa shape index (κ3) is 4.48. The Morgan fingerprint density at radius 2 is 1.69 bits per heavy atom. The smallest absolute Gasteiger partial charge is 0.303 e. The number of amides is 1. The van der Waals surface area contributed by atoms with Crippen molar-refractivity contribution in [1.82, 2.24) is 14.5 Å². The van der Waals surface area contributed by atoms with Crippen molar-refractivity contribution in [3.8, 4) is 0 Å². The first-order valence-corrected chi connectivity index (χ1v) is 9.91. The van der Waals surface area contributed by atoms with Crippen molar-refractivity contribution in [3.63, 3.8) is 0 Å². The van der Waals surface area contributed by atoms with Crippen LogP contribution in [0.25, 0.3) is 11.0 Å². The van der Waals surface area contributed by atoms with Gasteiger partial charge in [-0.2, -0.15) is 0 Å². The Morgan fingerprint density at radius 3 is 2.25 bits per heavy atom. The maximum Gasteiger partial charge on any atom is 0.303 e. The second-order valence-corrected chi connectivity index (χ2v) is 7.68. The minimum Gasteiger partial charge on any atom is -0.465 e. The third-order valence-electron chi connectivity index (χ3n) is 5.25. The molecule has 1 saturated carbocycles. The summed E-state index contributed by atoms with van der Waals surface area (Å²) in [6.45, 7) is 5.31. The van der Waals surface area contributed by atoms with E-state index in [0.717, 1.165) is 0 Å². The van der Waals surface area contributed by atoms with E-state index in [9.17, 15) is 19.2 Å². The Kier molecular flexibility index (Phi) is 6.32. The van der Waals surface area contributed by atoms with Crippen molar-refractivity contribution in [2.24, 2.45) is 11.7 Å². The molecule has 12 heteroatoms. The number of esters is 3. The summed E-state index contributed by atoms with van der Waals surface area (Å²) in [5, 5.41) is 0.275. The standard InChI is InChI=1S/C20H25N5O7/c1-8-23-18(21)15-13(19(22)29)6-25(20(15)24-8)14-5-12(7-30-9(2)26)16(31-10(3)27)17(14)32-11(4)28/h6,12,14,16-17H,5,7H2,1-4H3,(H2,22,29)(H2,21,23,24)/t12-,14-,16-,17+/m1/s1. The monoisotopic (exact) mass is 447 g/mol. The van der Waals surface area contributed by atoms with Gasteiger partial charge in [-0.3, -0.25) is 19.2 Å². The van der Waals surface area contributed by atoms with Crippen LogP contribution in [0.1, 0.15) is 49.4 Å². The van der Waals surface area contributed by atoms with Crippen LogP contribution in [0.15, 0.2) is 6.20 Å². The van der Waals surface area contributed by atoms with Crippen LogP contribution in [0, 0.1) is 12.8 Å². The predicted octanol–water partition coefficient (Wildman–Crippen LogP) is 0.408. The lowest BCUT2D eigenvalue weighted by Gasteiger charge is -2.26. The maximum atomic E-state index is 12.1. The Morgan fingerprint density at radius 1 is 1.06 bits per heavy atom. The maximum absolute atomic E-state index is 12.1. The molecule has 0 unspecified atom stereocenters. The molecule has 1 fully saturated rings. The van der Waals surface area contributed by atoms with Crippen LogP contribution in [0.2, 0.25) is 0 Å². The van der Waals surface area contributed by atoms with Gasteiger partial charge in [0.15, 0.2) is 6.10 Å². The van der Waals surface area contributed by atoms with Gasteiger partial charge >= 0.3 is 17.9 Å². The molecule has 2 aromatic rings. The Labute approximate surface area is 183 Å². The summed E-state index contributed by atoms with van der Waals surface area (Å²) in [6.07, 6.45) is -0.0773. The predicted molar refractivity (Wildman–Crippen MR) is 110 cm³/mol. The zero-order valence-electron chi connectivity index (χ0n) is 18.2. The summed E-state index contributed by atoms with van der Waals surface area (Å²) in [5.41, 5.74) is 12.0. The summed E-state index contributed by atoms with van der Waals surface area (Å²) >= 11 is 0. The number of hydrogen-bond donors (Lipinski definition) is 2. The largest absolute Gasteiger partial charge is 0.465 e. The van der Waals surface area contributed by atoms with Crippen LogP contribution in [0.3, 0.4) is 0 Å². The quantitative estimate of drug-likeness (QED) is 0.465. The highest BCUT2D eigenvalue weighted by atomic mass is 16.6. The van der Waals surface area contributed by atoms with Crippen molar-refractivity contribution in [2.75, 3.05) is 12.3 Å². The fourth-order valence-electron chi connectivity index (χ4n) is 4.15. The number of primary amides is 1. The molecule has 0 radical (unpaired) electrons. The minimum atomic E-state index is -0.940. The van der Waals surface area contributed by atoms with Crippen molar-refractivity contribution in [3.05, 3.63) is 17.6 Å².